The number of carbonyl (C=O) groups excluding carboxylic acids is 1. The lowest BCUT2D eigenvalue weighted by Crippen LogP contribution is -2.40. The molecular formula is C15H17N3O2. The van der Waals surface area contributed by atoms with Crippen LogP contribution in [-0.2, 0) is 0 Å². The van der Waals surface area contributed by atoms with Crippen molar-refractivity contribution in [1.29, 1.82) is 0 Å². The molecule has 1 fully saturated rings. The molecule has 1 aromatic carbocycles. The largest absolute Gasteiger partial charge is 0.393 e. The van der Waals surface area contributed by atoms with E-state index in [1.54, 1.807) is 17.4 Å². The highest BCUT2D eigenvalue weighted by Gasteiger charge is 2.22. The Morgan fingerprint density at radius 3 is 2.50 bits per heavy atom. The number of piperidine rings is 1. The van der Waals surface area contributed by atoms with Crippen molar-refractivity contribution in [2.24, 2.45) is 0 Å². The summed E-state index contributed by atoms with van der Waals surface area (Å²) < 4.78 is 1.89. The van der Waals surface area contributed by atoms with Gasteiger partial charge in [0.1, 0.15) is 0 Å². The fraction of sp³-hybridized carbons (Fsp3) is 0.333. The fourth-order valence-corrected chi connectivity index (χ4v) is 2.44. The van der Waals surface area contributed by atoms with Crippen molar-refractivity contribution < 1.29 is 9.90 Å². The fourth-order valence-electron chi connectivity index (χ4n) is 2.44. The minimum atomic E-state index is -0.261. The molecule has 1 amide bonds. The number of amides is 1. The van der Waals surface area contributed by atoms with Crippen LogP contribution < -0.4 is 0 Å². The molecule has 0 spiro atoms. The number of hydrogen-bond donors (Lipinski definition) is 1. The standard InChI is InChI=1S/C15H17N3O2/c19-14-5-8-17(9-6-14)15(20)12-1-3-13(4-2-12)18-10-7-16-11-18/h1-4,7,10-11,14,19H,5-6,8-9H2. The van der Waals surface area contributed by atoms with Crippen molar-refractivity contribution in [2.75, 3.05) is 13.1 Å². The first kappa shape index (κ1) is 12.9. The van der Waals surface area contributed by atoms with Crippen LogP contribution in [0.15, 0.2) is 43.0 Å². The minimum Gasteiger partial charge on any atom is -0.393 e. The molecule has 5 heteroatoms. The van der Waals surface area contributed by atoms with Crippen LogP contribution in [0.25, 0.3) is 5.69 Å². The summed E-state index contributed by atoms with van der Waals surface area (Å²) in [5.41, 5.74) is 1.67. The maximum absolute atomic E-state index is 12.3. The SMILES string of the molecule is O=C(c1ccc(-n2ccnc2)cc1)N1CCC(O)CC1. The molecule has 0 unspecified atom stereocenters. The third-order valence-corrected chi connectivity index (χ3v) is 3.67. The molecular weight excluding hydrogens is 254 g/mol. The van der Waals surface area contributed by atoms with Crippen molar-refractivity contribution in [2.45, 2.75) is 18.9 Å². The lowest BCUT2D eigenvalue weighted by Gasteiger charge is -2.29. The summed E-state index contributed by atoms with van der Waals surface area (Å²) in [6, 6.07) is 7.49. The van der Waals surface area contributed by atoms with E-state index in [-0.39, 0.29) is 12.0 Å². The Morgan fingerprint density at radius 1 is 1.20 bits per heavy atom. The second-order valence-corrected chi connectivity index (χ2v) is 5.04. The quantitative estimate of drug-likeness (QED) is 0.900. The summed E-state index contributed by atoms with van der Waals surface area (Å²) in [6.45, 7) is 1.26. The van der Waals surface area contributed by atoms with Crippen LogP contribution in [0, 0.1) is 0 Å². The van der Waals surface area contributed by atoms with Gasteiger partial charge in [-0.1, -0.05) is 0 Å². The molecule has 0 atom stereocenters. The van der Waals surface area contributed by atoms with Crippen molar-refractivity contribution in [3.8, 4) is 5.69 Å². The van der Waals surface area contributed by atoms with Gasteiger partial charge in [0.25, 0.3) is 5.91 Å². The average Bonchev–Trinajstić information content (AvgIpc) is 3.02. The summed E-state index contributed by atoms with van der Waals surface area (Å²) in [5, 5.41) is 9.47. The molecule has 20 heavy (non-hydrogen) atoms. The number of benzene rings is 1. The predicted octanol–water partition coefficient (Wildman–Crippen LogP) is 1.47. The molecule has 3 rings (SSSR count). The van der Waals surface area contributed by atoms with E-state index in [0.29, 0.717) is 31.5 Å². The van der Waals surface area contributed by atoms with Gasteiger partial charge >= 0.3 is 0 Å². The van der Waals surface area contributed by atoms with E-state index < -0.39 is 0 Å². The number of aliphatic hydroxyl groups is 1. The molecule has 0 aliphatic carbocycles. The topological polar surface area (TPSA) is 58.4 Å². The summed E-state index contributed by atoms with van der Waals surface area (Å²) in [6.07, 6.45) is 6.38. The van der Waals surface area contributed by atoms with Crippen molar-refractivity contribution >= 4 is 5.91 Å². The molecule has 1 aromatic heterocycles. The average molecular weight is 271 g/mol. The third kappa shape index (κ3) is 2.58. The maximum Gasteiger partial charge on any atom is 0.253 e. The second kappa shape index (κ2) is 5.46. The molecule has 2 heterocycles. The van der Waals surface area contributed by atoms with Gasteiger partial charge in [-0.15, -0.1) is 0 Å². The molecule has 104 valence electrons. The number of rotatable bonds is 2. The van der Waals surface area contributed by atoms with Crippen LogP contribution in [0.3, 0.4) is 0 Å². The van der Waals surface area contributed by atoms with E-state index in [2.05, 4.69) is 4.98 Å². The number of likely N-dealkylation sites (tertiary alicyclic amines) is 1. The van der Waals surface area contributed by atoms with Gasteiger partial charge in [-0.05, 0) is 37.1 Å². The van der Waals surface area contributed by atoms with Crippen LogP contribution in [-0.4, -0.2) is 44.7 Å². The lowest BCUT2D eigenvalue weighted by molar-refractivity contribution is 0.0546. The Morgan fingerprint density at radius 2 is 1.90 bits per heavy atom. The van der Waals surface area contributed by atoms with Gasteiger partial charge in [-0.3, -0.25) is 4.79 Å². The molecule has 5 nitrogen and oxygen atoms in total. The molecule has 1 N–H and O–H groups in total. The number of hydrogen-bond acceptors (Lipinski definition) is 3. The minimum absolute atomic E-state index is 0.0362. The zero-order chi connectivity index (χ0) is 13.9. The molecule has 1 aliphatic heterocycles. The Labute approximate surface area is 117 Å². The van der Waals surface area contributed by atoms with Crippen LogP contribution in [0.2, 0.25) is 0 Å². The zero-order valence-electron chi connectivity index (χ0n) is 11.1. The number of imidazole rings is 1. The Bertz CT molecular complexity index is 570. The molecule has 1 saturated heterocycles. The van der Waals surface area contributed by atoms with Gasteiger partial charge in [0.2, 0.25) is 0 Å². The highest BCUT2D eigenvalue weighted by atomic mass is 16.3. The van der Waals surface area contributed by atoms with Gasteiger partial charge in [-0.2, -0.15) is 0 Å². The zero-order valence-corrected chi connectivity index (χ0v) is 11.1. The monoisotopic (exact) mass is 271 g/mol. The van der Waals surface area contributed by atoms with E-state index in [1.807, 2.05) is 35.0 Å². The summed E-state index contributed by atoms with van der Waals surface area (Å²) in [4.78, 5) is 18.1. The molecule has 1 aliphatic rings. The molecule has 2 aromatic rings. The first-order valence-corrected chi connectivity index (χ1v) is 6.80. The number of carbonyl (C=O) groups is 1. The Balaban J connectivity index is 1.73. The molecule has 0 saturated carbocycles. The van der Waals surface area contributed by atoms with Crippen molar-refractivity contribution in [3.63, 3.8) is 0 Å². The van der Waals surface area contributed by atoms with Crippen molar-refractivity contribution in [3.05, 3.63) is 48.5 Å². The van der Waals surface area contributed by atoms with E-state index in [9.17, 15) is 9.90 Å². The van der Waals surface area contributed by atoms with Crippen LogP contribution in [0.1, 0.15) is 23.2 Å². The van der Waals surface area contributed by atoms with E-state index in [1.165, 1.54) is 0 Å². The smallest absolute Gasteiger partial charge is 0.253 e. The van der Waals surface area contributed by atoms with Crippen LogP contribution >= 0.6 is 0 Å². The predicted molar refractivity (Wildman–Crippen MR) is 74.7 cm³/mol. The summed E-state index contributed by atoms with van der Waals surface area (Å²) in [7, 11) is 0. The first-order valence-electron chi connectivity index (χ1n) is 6.80. The van der Waals surface area contributed by atoms with Gasteiger partial charge in [0.15, 0.2) is 0 Å². The second-order valence-electron chi connectivity index (χ2n) is 5.04. The number of aromatic nitrogens is 2. The van der Waals surface area contributed by atoms with E-state index in [0.717, 1.165) is 5.69 Å². The third-order valence-electron chi connectivity index (χ3n) is 3.67. The highest BCUT2D eigenvalue weighted by molar-refractivity contribution is 5.94. The van der Waals surface area contributed by atoms with Crippen LogP contribution in [0.4, 0.5) is 0 Å². The molecule has 0 radical (unpaired) electrons. The highest BCUT2D eigenvalue weighted by Crippen LogP contribution is 2.15. The first-order chi connectivity index (χ1) is 9.74. The van der Waals surface area contributed by atoms with Gasteiger partial charge in [0, 0.05) is 36.7 Å². The van der Waals surface area contributed by atoms with Gasteiger partial charge < -0.3 is 14.6 Å². The van der Waals surface area contributed by atoms with E-state index in [4.69, 9.17) is 0 Å². The normalized spacial score (nSPS) is 16.4. The summed E-state index contributed by atoms with van der Waals surface area (Å²) in [5.74, 6) is 0.0362. The molecule has 0 bridgehead atoms. The Kier molecular flexibility index (Phi) is 3.52. The van der Waals surface area contributed by atoms with Gasteiger partial charge in [0.05, 0.1) is 12.4 Å². The number of aliphatic hydroxyl groups excluding tert-OH is 1. The van der Waals surface area contributed by atoms with E-state index >= 15 is 0 Å². The van der Waals surface area contributed by atoms with Gasteiger partial charge in [-0.25, -0.2) is 4.98 Å². The summed E-state index contributed by atoms with van der Waals surface area (Å²) >= 11 is 0. The lowest BCUT2D eigenvalue weighted by atomic mass is 10.1. The van der Waals surface area contributed by atoms with Crippen molar-refractivity contribution in [1.82, 2.24) is 14.5 Å². The number of nitrogens with zero attached hydrogens (tertiary/aromatic N) is 3. The maximum atomic E-state index is 12.3. The Hall–Kier alpha value is -2.14. The van der Waals surface area contributed by atoms with Crippen LogP contribution in [0.5, 0.6) is 0 Å².